The molecule has 4 rings (SSSR count). The Labute approximate surface area is 205 Å². The van der Waals surface area contributed by atoms with Crippen molar-refractivity contribution in [2.24, 2.45) is 7.05 Å². The van der Waals surface area contributed by atoms with E-state index in [1.807, 2.05) is 32.0 Å². The van der Waals surface area contributed by atoms with Crippen molar-refractivity contribution >= 4 is 21.6 Å². The summed E-state index contributed by atoms with van der Waals surface area (Å²) in [6, 6.07) is 14.9. The molecule has 1 aromatic heterocycles. The van der Waals surface area contributed by atoms with E-state index in [4.69, 9.17) is 4.74 Å². The number of hydrogen-bond acceptors (Lipinski definition) is 5. The number of sulfonamides is 1. The molecular formula is C25H30N4O5S. The minimum Gasteiger partial charge on any atom is -0.372 e. The zero-order valence-electron chi connectivity index (χ0n) is 20.5. The van der Waals surface area contributed by atoms with E-state index in [0.29, 0.717) is 30.0 Å². The summed E-state index contributed by atoms with van der Waals surface area (Å²) < 4.78 is 36.6. The SMILES string of the molecule is Cc1c(N(C)S(=O)(=O)c2ccc(C(=O)N3C[C@@H](C)O[C@H](C)C3)cc2)c(=O)n(-c2ccccc2)n1C. The summed E-state index contributed by atoms with van der Waals surface area (Å²) in [6.07, 6.45) is -0.130. The van der Waals surface area contributed by atoms with Gasteiger partial charge in [0.25, 0.3) is 21.5 Å². The van der Waals surface area contributed by atoms with Gasteiger partial charge >= 0.3 is 0 Å². The molecule has 0 spiro atoms. The molecular weight excluding hydrogens is 468 g/mol. The molecule has 0 N–H and O–H groups in total. The molecule has 1 aliphatic heterocycles. The third kappa shape index (κ3) is 4.51. The highest BCUT2D eigenvalue weighted by molar-refractivity contribution is 7.92. The summed E-state index contributed by atoms with van der Waals surface area (Å²) in [6.45, 7) is 6.49. The first-order valence-corrected chi connectivity index (χ1v) is 12.8. The summed E-state index contributed by atoms with van der Waals surface area (Å²) in [5.74, 6) is -0.172. The molecule has 35 heavy (non-hydrogen) atoms. The van der Waals surface area contributed by atoms with E-state index in [-0.39, 0.29) is 28.7 Å². The molecule has 2 atom stereocenters. The Bertz CT molecular complexity index is 1380. The van der Waals surface area contributed by atoms with Crippen molar-refractivity contribution in [2.45, 2.75) is 37.9 Å². The first-order valence-electron chi connectivity index (χ1n) is 11.4. The van der Waals surface area contributed by atoms with Crippen LogP contribution in [0, 0.1) is 6.92 Å². The van der Waals surface area contributed by atoms with Gasteiger partial charge in [0.1, 0.15) is 5.69 Å². The number of rotatable bonds is 5. The van der Waals surface area contributed by atoms with Gasteiger partial charge in [-0.15, -0.1) is 0 Å². The number of aromatic nitrogens is 2. The number of carbonyl (C=O) groups is 1. The third-order valence-electron chi connectivity index (χ3n) is 6.31. The van der Waals surface area contributed by atoms with Gasteiger partial charge in [0, 0.05) is 32.7 Å². The Morgan fingerprint density at radius 1 is 1.00 bits per heavy atom. The number of ether oxygens (including phenoxy) is 1. The van der Waals surface area contributed by atoms with Gasteiger partial charge in [-0.25, -0.2) is 13.1 Å². The number of carbonyl (C=O) groups excluding carboxylic acids is 1. The van der Waals surface area contributed by atoms with Crippen LogP contribution in [0.25, 0.3) is 5.69 Å². The number of nitrogens with zero attached hydrogens (tertiary/aromatic N) is 4. The average molecular weight is 499 g/mol. The lowest BCUT2D eigenvalue weighted by molar-refractivity contribution is -0.0586. The van der Waals surface area contributed by atoms with Crippen LogP contribution in [0.5, 0.6) is 0 Å². The Morgan fingerprint density at radius 3 is 2.14 bits per heavy atom. The van der Waals surface area contributed by atoms with Gasteiger partial charge in [0.15, 0.2) is 0 Å². The topological polar surface area (TPSA) is 93.9 Å². The zero-order chi connectivity index (χ0) is 25.5. The van der Waals surface area contributed by atoms with E-state index in [1.165, 1.54) is 36.0 Å². The minimum atomic E-state index is -4.05. The first kappa shape index (κ1) is 24.7. The van der Waals surface area contributed by atoms with Crippen molar-refractivity contribution in [3.63, 3.8) is 0 Å². The van der Waals surface area contributed by atoms with Gasteiger partial charge in [-0.3, -0.25) is 18.6 Å². The fraction of sp³-hybridized carbons (Fsp3) is 0.360. The lowest BCUT2D eigenvalue weighted by Crippen LogP contribution is -2.48. The van der Waals surface area contributed by atoms with Crippen LogP contribution < -0.4 is 9.86 Å². The predicted octanol–water partition coefficient (Wildman–Crippen LogP) is 2.56. The summed E-state index contributed by atoms with van der Waals surface area (Å²) in [4.78, 5) is 27.9. The Morgan fingerprint density at radius 2 is 1.57 bits per heavy atom. The Balaban J connectivity index is 1.63. The molecule has 9 nitrogen and oxygen atoms in total. The predicted molar refractivity (Wildman–Crippen MR) is 134 cm³/mol. The number of para-hydroxylation sites is 1. The largest absolute Gasteiger partial charge is 0.372 e. The number of anilines is 1. The second-order valence-corrected chi connectivity index (χ2v) is 10.8. The second kappa shape index (κ2) is 9.35. The van der Waals surface area contributed by atoms with Crippen LogP contribution in [-0.4, -0.2) is 60.9 Å². The Kier molecular flexibility index (Phi) is 6.61. The number of morpholine rings is 1. The van der Waals surface area contributed by atoms with Crippen molar-refractivity contribution < 1.29 is 17.9 Å². The quantitative estimate of drug-likeness (QED) is 0.539. The molecule has 186 valence electrons. The first-order chi connectivity index (χ1) is 16.5. The molecule has 0 aliphatic carbocycles. The van der Waals surface area contributed by atoms with Crippen LogP contribution in [0.2, 0.25) is 0 Å². The minimum absolute atomic E-state index is 0.00539. The maximum Gasteiger partial charge on any atom is 0.296 e. The zero-order valence-corrected chi connectivity index (χ0v) is 21.3. The average Bonchev–Trinajstić information content (AvgIpc) is 3.05. The van der Waals surface area contributed by atoms with Crippen molar-refractivity contribution in [3.8, 4) is 5.69 Å². The summed E-state index contributed by atoms with van der Waals surface area (Å²) in [5.41, 5.74) is 1.16. The number of amides is 1. The van der Waals surface area contributed by atoms with Gasteiger partial charge < -0.3 is 9.64 Å². The smallest absolute Gasteiger partial charge is 0.296 e. The van der Waals surface area contributed by atoms with Gasteiger partial charge in [-0.05, 0) is 57.2 Å². The summed E-state index contributed by atoms with van der Waals surface area (Å²) in [7, 11) is -0.971. The van der Waals surface area contributed by atoms with E-state index < -0.39 is 15.6 Å². The lowest BCUT2D eigenvalue weighted by Gasteiger charge is -2.35. The number of benzene rings is 2. The molecule has 0 bridgehead atoms. The Hall–Kier alpha value is -3.37. The maximum atomic E-state index is 13.4. The second-order valence-electron chi connectivity index (χ2n) is 8.87. The molecule has 0 saturated carbocycles. The highest BCUT2D eigenvalue weighted by atomic mass is 32.2. The molecule has 3 aromatic rings. The molecule has 2 heterocycles. The van der Waals surface area contributed by atoms with E-state index in [2.05, 4.69) is 0 Å². The van der Waals surface area contributed by atoms with Crippen LogP contribution in [-0.2, 0) is 21.8 Å². The van der Waals surface area contributed by atoms with Crippen molar-refractivity contribution in [3.05, 3.63) is 76.2 Å². The summed E-state index contributed by atoms with van der Waals surface area (Å²) >= 11 is 0. The van der Waals surface area contributed by atoms with E-state index in [0.717, 1.165) is 4.31 Å². The van der Waals surface area contributed by atoms with Crippen LogP contribution >= 0.6 is 0 Å². The molecule has 1 saturated heterocycles. The van der Waals surface area contributed by atoms with Crippen LogP contribution in [0.4, 0.5) is 5.69 Å². The van der Waals surface area contributed by atoms with Crippen LogP contribution in [0.15, 0.2) is 64.3 Å². The maximum absolute atomic E-state index is 13.4. The standard InChI is InChI=1S/C25H30N4O5S/c1-17-15-28(16-18(2)34-17)24(30)20-11-13-22(14-12-20)35(32,33)27(5)23-19(3)26(4)29(25(23)31)21-9-7-6-8-10-21/h6-14,17-18H,15-16H2,1-5H3/t17-,18-/m1/s1. The fourth-order valence-corrected chi connectivity index (χ4v) is 5.74. The highest BCUT2D eigenvalue weighted by Crippen LogP contribution is 2.24. The molecule has 0 unspecified atom stereocenters. The number of hydrogen-bond donors (Lipinski definition) is 0. The molecule has 0 radical (unpaired) electrons. The fourth-order valence-electron chi connectivity index (χ4n) is 4.49. The third-order valence-corrected chi connectivity index (χ3v) is 8.08. The normalized spacial score (nSPS) is 18.5. The van der Waals surface area contributed by atoms with Gasteiger partial charge in [0.05, 0.1) is 28.5 Å². The summed E-state index contributed by atoms with van der Waals surface area (Å²) in [5, 5.41) is 0. The molecule has 10 heteroatoms. The highest BCUT2D eigenvalue weighted by Gasteiger charge is 2.30. The van der Waals surface area contributed by atoms with Gasteiger partial charge in [-0.2, -0.15) is 0 Å². The molecule has 1 aliphatic rings. The van der Waals surface area contributed by atoms with Crippen molar-refractivity contribution in [1.82, 2.24) is 14.3 Å². The molecule has 2 aromatic carbocycles. The van der Waals surface area contributed by atoms with Gasteiger partial charge in [0.2, 0.25) is 0 Å². The molecule has 1 amide bonds. The van der Waals surface area contributed by atoms with Gasteiger partial charge in [-0.1, -0.05) is 18.2 Å². The lowest BCUT2D eigenvalue weighted by atomic mass is 10.1. The monoisotopic (exact) mass is 498 g/mol. The van der Waals surface area contributed by atoms with Crippen LogP contribution in [0.1, 0.15) is 29.9 Å². The van der Waals surface area contributed by atoms with E-state index in [1.54, 1.807) is 35.7 Å². The van der Waals surface area contributed by atoms with Crippen LogP contribution in [0.3, 0.4) is 0 Å². The van der Waals surface area contributed by atoms with Crippen molar-refractivity contribution in [1.29, 1.82) is 0 Å². The molecule has 1 fully saturated rings. The van der Waals surface area contributed by atoms with Crippen molar-refractivity contribution in [2.75, 3.05) is 24.4 Å². The van der Waals surface area contributed by atoms with E-state index in [9.17, 15) is 18.0 Å². The van der Waals surface area contributed by atoms with E-state index >= 15 is 0 Å².